The van der Waals surface area contributed by atoms with Gasteiger partial charge in [-0.1, -0.05) is 27.2 Å². The van der Waals surface area contributed by atoms with Crippen LogP contribution >= 0.6 is 0 Å². The molecule has 1 aliphatic heterocycles. The van der Waals surface area contributed by atoms with E-state index in [9.17, 15) is 5.11 Å². The molecule has 0 aromatic rings. The van der Waals surface area contributed by atoms with Crippen molar-refractivity contribution in [1.82, 2.24) is 4.90 Å². The normalized spacial score (nSPS) is 30.3. The molecule has 2 aliphatic rings. The fraction of sp³-hybridized carbons (Fsp3) is 1.00. The van der Waals surface area contributed by atoms with Crippen molar-refractivity contribution in [3.63, 3.8) is 0 Å². The molecule has 1 aliphatic carbocycles. The summed E-state index contributed by atoms with van der Waals surface area (Å²) in [5.41, 5.74) is 0.429. The number of nitrogens with zero attached hydrogens (tertiary/aromatic N) is 1. The van der Waals surface area contributed by atoms with E-state index >= 15 is 0 Å². The maximum atomic E-state index is 10.1. The lowest BCUT2D eigenvalue weighted by Crippen LogP contribution is -2.39. The molecule has 2 fully saturated rings. The number of aliphatic hydroxyl groups is 1. The Morgan fingerprint density at radius 2 is 1.67 bits per heavy atom. The van der Waals surface area contributed by atoms with Gasteiger partial charge in [0.25, 0.3) is 0 Å². The van der Waals surface area contributed by atoms with E-state index in [1.54, 1.807) is 0 Å². The van der Waals surface area contributed by atoms with E-state index in [1.807, 2.05) is 0 Å². The van der Waals surface area contributed by atoms with Crippen LogP contribution in [0.25, 0.3) is 0 Å². The molecule has 3 nitrogen and oxygen atoms in total. The summed E-state index contributed by atoms with van der Waals surface area (Å²) in [5.74, 6) is 0.829. The summed E-state index contributed by atoms with van der Waals surface area (Å²) >= 11 is 0. The van der Waals surface area contributed by atoms with Crippen LogP contribution in [0.2, 0.25) is 0 Å². The molecule has 0 aromatic heterocycles. The third-order valence-electron chi connectivity index (χ3n) is 5.34. The second kappa shape index (κ2) is 7.94. The van der Waals surface area contributed by atoms with Crippen molar-refractivity contribution in [2.45, 2.75) is 77.9 Å². The van der Waals surface area contributed by atoms with Crippen molar-refractivity contribution in [1.29, 1.82) is 0 Å². The molecule has 0 unspecified atom stereocenters. The summed E-state index contributed by atoms with van der Waals surface area (Å²) in [7, 11) is 0. The van der Waals surface area contributed by atoms with Gasteiger partial charge in [0.2, 0.25) is 0 Å². The number of hydrogen-bond acceptors (Lipinski definition) is 3. The van der Waals surface area contributed by atoms with Gasteiger partial charge in [0.15, 0.2) is 0 Å². The van der Waals surface area contributed by atoms with Gasteiger partial charge < -0.3 is 14.7 Å². The minimum absolute atomic E-state index is 0.316. The van der Waals surface area contributed by atoms with Crippen LogP contribution in [-0.4, -0.2) is 48.5 Å². The van der Waals surface area contributed by atoms with Crippen LogP contribution in [0.1, 0.15) is 65.7 Å². The summed E-state index contributed by atoms with van der Waals surface area (Å²) < 4.78 is 5.97. The van der Waals surface area contributed by atoms with E-state index in [0.29, 0.717) is 18.1 Å². The molecule has 0 amide bonds. The second-order valence-electron chi connectivity index (χ2n) is 8.19. The maximum absolute atomic E-state index is 10.1. The maximum Gasteiger partial charge on any atom is 0.0900 e. The highest BCUT2D eigenvalue weighted by Gasteiger charge is 2.30. The molecule has 21 heavy (non-hydrogen) atoms. The number of rotatable bonds is 5. The lowest BCUT2D eigenvalue weighted by Gasteiger charge is -2.37. The molecular formula is C18H35NO2. The zero-order valence-electron chi connectivity index (χ0n) is 14.3. The largest absolute Gasteiger partial charge is 0.389 e. The van der Waals surface area contributed by atoms with Gasteiger partial charge in [0, 0.05) is 6.54 Å². The minimum atomic E-state index is -0.316. The molecule has 2 rings (SSSR count). The van der Waals surface area contributed by atoms with Crippen molar-refractivity contribution in [2.75, 3.05) is 26.2 Å². The third-order valence-corrected chi connectivity index (χ3v) is 5.34. The van der Waals surface area contributed by atoms with Gasteiger partial charge in [-0.15, -0.1) is 0 Å². The van der Waals surface area contributed by atoms with Crippen LogP contribution in [-0.2, 0) is 4.74 Å². The molecule has 1 heterocycles. The topological polar surface area (TPSA) is 32.7 Å². The number of ether oxygens (including phenoxy) is 1. The monoisotopic (exact) mass is 297 g/mol. The molecule has 124 valence electrons. The smallest absolute Gasteiger partial charge is 0.0900 e. The Bertz CT molecular complexity index is 286. The first-order chi connectivity index (χ1) is 9.95. The molecule has 0 spiro atoms. The molecule has 1 saturated carbocycles. The van der Waals surface area contributed by atoms with Gasteiger partial charge >= 0.3 is 0 Å². The van der Waals surface area contributed by atoms with Crippen LogP contribution in [0.3, 0.4) is 0 Å². The van der Waals surface area contributed by atoms with Crippen LogP contribution in [0.4, 0.5) is 0 Å². The van der Waals surface area contributed by atoms with Crippen molar-refractivity contribution in [2.24, 2.45) is 11.3 Å². The molecule has 3 heteroatoms. The van der Waals surface area contributed by atoms with Crippen LogP contribution in [0.15, 0.2) is 0 Å². The van der Waals surface area contributed by atoms with E-state index in [0.717, 1.165) is 25.6 Å². The summed E-state index contributed by atoms with van der Waals surface area (Å²) in [6.07, 6.45) is 8.85. The molecule has 0 radical (unpaired) electrons. The first-order valence-corrected chi connectivity index (χ1v) is 8.97. The van der Waals surface area contributed by atoms with Crippen molar-refractivity contribution in [3.05, 3.63) is 0 Å². The minimum Gasteiger partial charge on any atom is -0.389 e. The number of hydrogen-bond donors (Lipinski definition) is 1. The number of β-amino-alcohol motifs (C(OH)–C–C–N with tert-alkyl or cyclic N) is 1. The fourth-order valence-corrected chi connectivity index (χ4v) is 3.84. The highest BCUT2D eigenvalue weighted by atomic mass is 16.5. The lowest BCUT2D eigenvalue weighted by molar-refractivity contribution is -0.0454. The Kier molecular flexibility index (Phi) is 6.51. The van der Waals surface area contributed by atoms with Crippen molar-refractivity contribution < 1.29 is 9.84 Å². The number of piperidine rings is 1. The third kappa shape index (κ3) is 5.88. The highest BCUT2D eigenvalue weighted by molar-refractivity contribution is 4.81. The molecule has 1 atom stereocenters. The Labute approximate surface area is 131 Å². The van der Waals surface area contributed by atoms with Crippen molar-refractivity contribution >= 4 is 0 Å². The molecule has 0 bridgehead atoms. The predicted octanol–water partition coefficient (Wildman–Crippen LogP) is 3.45. The average molecular weight is 297 g/mol. The fourth-order valence-electron chi connectivity index (χ4n) is 3.84. The van der Waals surface area contributed by atoms with E-state index in [4.69, 9.17) is 4.74 Å². The molecule has 1 N–H and O–H groups in total. The molecule has 1 saturated heterocycles. The van der Waals surface area contributed by atoms with Gasteiger partial charge in [-0.05, 0) is 62.9 Å². The quantitative estimate of drug-likeness (QED) is 0.843. The Hall–Kier alpha value is -0.120. The van der Waals surface area contributed by atoms with E-state index in [2.05, 4.69) is 25.7 Å². The van der Waals surface area contributed by atoms with Crippen molar-refractivity contribution in [3.8, 4) is 0 Å². The first kappa shape index (κ1) is 17.2. The summed E-state index contributed by atoms with van der Waals surface area (Å²) in [6, 6.07) is 0. The lowest BCUT2D eigenvalue weighted by atomic mass is 9.72. The number of aliphatic hydroxyl groups excluding tert-OH is 1. The summed E-state index contributed by atoms with van der Waals surface area (Å²) in [5, 5.41) is 10.1. The Morgan fingerprint density at radius 3 is 2.24 bits per heavy atom. The van der Waals surface area contributed by atoms with E-state index < -0.39 is 0 Å². The standard InChI is InChI=1S/C18H35NO2/c1-18(2,3)15-7-9-17(10-8-15)21-14-16(20)13-19-11-5-4-6-12-19/h15-17,20H,4-14H2,1-3H3/t15?,16-,17?/m1/s1. The van der Waals surface area contributed by atoms with Crippen LogP contribution < -0.4 is 0 Å². The van der Waals surface area contributed by atoms with Gasteiger partial charge in [0.05, 0.1) is 18.8 Å². The highest BCUT2D eigenvalue weighted by Crippen LogP contribution is 2.38. The Morgan fingerprint density at radius 1 is 1.05 bits per heavy atom. The van der Waals surface area contributed by atoms with E-state index in [-0.39, 0.29) is 6.10 Å². The summed E-state index contributed by atoms with van der Waals surface area (Å²) in [6.45, 7) is 10.6. The van der Waals surface area contributed by atoms with Crippen LogP contribution in [0.5, 0.6) is 0 Å². The Balaban J connectivity index is 1.60. The van der Waals surface area contributed by atoms with Gasteiger partial charge in [0.1, 0.15) is 0 Å². The first-order valence-electron chi connectivity index (χ1n) is 8.97. The SMILES string of the molecule is CC(C)(C)C1CCC(OC[C@H](O)CN2CCCCC2)CC1. The predicted molar refractivity (Wildman–Crippen MR) is 87.5 cm³/mol. The second-order valence-corrected chi connectivity index (χ2v) is 8.19. The van der Waals surface area contributed by atoms with Gasteiger partial charge in [-0.25, -0.2) is 0 Å². The number of likely N-dealkylation sites (tertiary alicyclic amines) is 1. The molecular weight excluding hydrogens is 262 g/mol. The zero-order chi connectivity index (χ0) is 15.3. The molecule has 0 aromatic carbocycles. The average Bonchev–Trinajstić information content (AvgIpc) is 2.46. The summed E-state index contributed by atoms with van der Waals surface area (Å²) in [4.78, 5) is 2.38. The van der Waals surface area contributed by atoms with Gasteiger partial charge in [-0.3, -0.25) is 0 Å². The van der Waals surface area contributed by atoms with Gasteiger partial charge in [-0.2, -0.15) is 0 Å². The van der Waals surface area contributed by atoms with E-state index in [1.165, 1.54) is 44.9 Å². The van der Waals surface area contributed by atoms with Crippen LogP contribution in [0, 0.1) is 11.3 Å². The zero-order valence-corrected chi connectivity index (χ0v) is 14.3.